The van der Waals surface area contributed by atoms with Gasteiger partial charge in [0.15, 0.2) is 0 Å². The van der Waals surface area contributed by atoms with Gasteiger partial charge in [-0.3, -0.25) is 4.79 Å². The second-order valence-electron chi connectivity index (χ2n) is 8.63. The van der Waals surface area contributed by atoms with Gasteiger partial charge in [-0.1, -0.05) is 5.10 Å². The van der Waals surface area contributed by atoms with Crippen LogP contribution in [0.4, 0.5) is 4.39 Å². The number of nitrogens with two attached hydrogens (primary N) is 1. The maximum Gasteiger partial charge on any atom is 0.256 e. The van der Waals surface area contributed by atoms with Gasteiger partial charge in [-0.05, 0) is 61.6 Å². The van der Waals surface area contributed by atoms with Crippen LogP contribution in [-0.4, -0.2) is 60.9 Å². The number of hydrogen-bond acceptors (Lipinski definition) is 4. The Kier molecular flexibility index (Phi) is 4.76. The van der Waals surface area contributed by atoms with Crippen molar-refractivity contribution in [1.82, 2.24) is 4.31 Å². The lowest BCUT2D eigenvalue weighted by Gasteiger charge is -2.45. The highest BCUT2D eigenvalue weighted by molar-refractivity contribution is 7.88. The average Bonchev–Trinajstić information content (AvgIpc) is 3.42. The topological polar surface area (TPSA) is 92.8 Å². The first-order chi connectivity index (χ1) is 14.0. The molecule has 2 aliphatic heterocycles. The van der Waals surface area contributed by atoms with E-state index in [-0.39, 0.29) is 16.0 Å². The highest BCUT2D eigenvalue weighted by Crippen LogP contribution is 2.48. The summed E-state index contributed by atoms with van der Waals surface area (Å²) in [4.78, 5) is 12.2. The second kappa shape index (κ2) is 6.83. The van der Waals surface area contributed by atoms with Crippen LogP contribution in [0.2, 0.25) is 0 Å². The standard InChI is InChI=1S/C21H25FN4O3S/c1-21(25(2)30(3,28)29)13-26(11-10-18(21)14-4-5-14)12-17(20(23)27)19(24-26)15-6-8-16(22)9-7-15/h6-10,12,14H,4-5,11,13H2,1-3H3,(H-,23,27)/p+1. The molecule has 2 atom stereocenters. The molecule has 1 fully saturated rings. The summed E-state index contributed by atoms with van der Waals surface area (Å²) < 4.78 is 39.7. The lowest BCUT2D eigenvalue weighted by Crippen LogP contribution is -2.61. The molecule has 0 bridgehead atoms. The minimum absolute atomic E-state index is 0.0392. The van der Waals surface area contributed by atoms with E-state index in [2.05, 4.69) is 6.08 Å². The van der Waals surface area contributed by atoms with Gasteiger partial charge in [0, 0.05) is 12.6 Å². The number of nitrogens with zero attached hydrogens (tertiary/aromatic N) is 3. The predicted octanol–water partition coefficient (Wildman–Crippen LogP) is 1.73. The molecule has 7 nitrogen and oxygen atoms in total. The van der Waals surface area contributed by atoms with Crippen LogP contribution in [0.5, 0.6) is 0 Å². The minimum atomic E-state index is -3.47. The van der Waals surface area contributed by atoms with Crippen molar-refractivity contribution >= 4 is 21.6 Å². The second-order valence-corrected chi connectivity index (χ2v) is 10.6. The molecule has 0 aromatic heterocycles. The quantitative estimate of drug-likeness (QED) is 0.566. The summed E-state index contributed by atoms with van der Waals surface area (Å²) >= 11 is 0. The van der Waals surface area contributed by atoms with Crippen LogP contribution in [-0.2, 0) is 14.8 Å². The van der Waals surface area contributed by atoms with Crippen LogP contribution >= 0.6 is 0 Å². The van der Waals surface area contributed by atoms with Gasteiger partial charge in [0.25, 0.3) is 5.91 Å². The first-order valence-corrected chi connectivity index (χ1v) is 11.7. The molecule has 2 N–H and O–H groups in total. The third-order valence-corrected chi connectivity index (χ3v) is 7.75. The van der Waals surface area contributed by atoms with Crippen molar-refractivity contribution in [2.45, 2.75) is 25.3 Å². The van der Waals surface area contributed by atoms with Crippen LogP contribution in [0, 0.1) is 11.7 Å². The zero-order valence-corrected chi connectivity index (χ0v) is 18.1. The van der Waals surface area contributed by atoms with Gasteiger partial charge in [-0.2, -0.15) is 8.90 Å². The van der Waals surface area contributed by atoms with E-state index in [9.17, 15) is 17.6 Å². The Morgan fingerprint density at radius 2 is 1.93 bits per heavy atom. The summed E-state index contributed by atoms with van der Waals surface area (Å²) in [6.45, 7) is 2.77. The number of halogens is 1. The Morgan fingerprint density at radius 3 is 2.47 bits per heavy atom. The molecule has 3 aliphatic rings. The molecule has 1 saturated carbocycles. The number of carbonyl (C=O) groups is 1. The molecule has 4 rings (SSSR count). The lowest BCUT2D eigenvalue weighted by atomic mass is 9.84. The van der Waals surface area contributed by atoms with Gasteiger partial charge in [-0.15, -0.1) is 0 Å². The molecular formula is C21H26FN4O3S+. The molecule has 1 spiro atoms. The van der Waals surface area contributed by atoms with E-state index in [0.29, 0.717) is 30.3 Å². The normalized spacial score (nSPS) is 29.0. The monoisotopic (exact) mass is 433 g/mol. The SMILES string of the molecule is CN(C1(C)C[N+]2(C=C(C(N)=O)C(c3ccc(F)cc3)=N2)CC=C1C1CC1)S(C)(=O)=O. The zero-order valence-electron chi connectivity index (χ0n) is 17.3. The number of amides is 1. The van der Waals surface area contributed by atoms with Crippen LogP contribution in [0.15, 0.2) is 52.8 Å². The Morgan fingerprint density at radius 1 is 1.30 bits per heavy atom. The first-order valence-electron chi connectivity index (χ1n) is 9.86. The molecule has 1 amide bonds. The Bertz CT molecular complexity index is 1110. The molecule has 160 valence electrons. The fraction of sp³-hybridized carbons (Fsp3) is 0.429. The van der Waals surface area contributed by atoms with Crippen LogP contribution < -0.4 is 5.73 Å². The largest absolute Gasteiger partial charge is 0.365 e. The van der Waals surface area contributed by atoms with Gasteiger partial charge in [0.05, 0.1) is 6.26 Å². The van der Waals surface area contributed by atoms with Crippen molar-refractivity contribution in [1.29, 1.82) is 0 Å². The van der Waals surface area contributed by atoms with E-state index < -0.39 is 21.5 Å². The van der Waals surface area contributed by atoms with E-state index in [1.54, 1.807) is 25.4 Å². The molecular weight excluding hydrogens is 407 g/mol. The Labute approximate surface area is 176 Å². The summed E-state index contributed by atoms with van der Waals surface area (Å²) in [5.41, 5.74) is 7.21. The number of benzene rings is 1. The maximum atomic E-state index is 13.4. The molecule has 2 heterocycles. The summed E-state index contributed by atoms with van der Waals surface area (Å²) in [7, 11) is -1.88. The maximum absolute atomic E-state index is 13.4. The lowest BCUT2D eigenvalue weighted by molar-refractivity contribution is -0.884. The summed E-state index contributed by atoms with van der Waals surface area (Å²) in [6.07, 6.45) is 7.06. The number of carbonyl (C=O) groups excluding carboxylic acids is 1. The van der Waals surface area contributed by atoms with Gasteiger partial charge >= 0.3 is 0 Å². The number of primary amides is 1. The zero-order chi connectivity index (χ0) is 21.9. The van der Waals surface area contributed by atoms with Crippen molar-refractivity contribution < 1.29 is 22.2 Å². The average molecular weight is 434 g/mol. The van der Waals surface area contributed by atoms with Crippen LogP contribution in [0.1, 0.15) is 25.3 Å². The molecule has 1 aromatic rings. The van der Waals surface area contributed by atoms with E-state index in [4.69, 9.17) is 10.8 Å². The van der Waals surface area contributed by atoms with Crippen molar-refractivity contribution in [2.24, 2.45) is 16.8 Å². The van der Waals surface area contributed by atoms with Crippen molar-refractivity contribution in [3.05, 3.63) is 59.1 Å². The van der Waals surface area contributed by atoms with Gasteiger partial charge in [0.2, 0.25) is 10.0 Å². The number of rotatable bonds is 5. The van der Waals surface area contributed by atoms with E-state index >= 15 is 0 Å². The summed E-state index contributed by atoms with van der Waals surface area (Å²) in [5, 5.41) is 4.83. The predicted molar refractivity (Wildman–Crippen MR) is 112 cm³/mol. The summed E-state index contributed by atoms with van der Waals surface area (Å²) in [5.74, 6) is -0.631. The van der Waals surface area contributed by atoms with Crippen molar-refractivity contribution in [3.63, 3.8) is 0 Å². The number of likely N-dealkylation sites (N-methyl/N-ethyl adjacent to an activating group) is 1. The molecule has 0 radical (unpaired) electrons. The number of hydrogen-bond donors (Lipinski definition) is 1. The molecule has 2 unspecified atom stereocenters. The first kappa shape index (κ1) is 20.9. The molecule has 30 heavy (non-hydrogen) atoms. The summed E-state index contributed by atoms with van der Waals surface area (Å²) in [6, 6.07) is 5.73. The third kappa shape index (κ3) is 3.51. The van der Waals surface area contributed by atoms with Gasteiger partial charge in [0.1, 0.15) is 41.9 Å². The van der Waals surface area contributed by atoms with Crippen LogP contribution in [0.3, 0.4) is 0 Å². The number of sulfonamides is 1. The number of quaternary nitrogens is 1. The molecule has 0 saturated heterocycles. The highest BCUT2D eigenvalue weighted by Gasteiger charge is 2.54. The van der Waals surface area contributed by atoms with E-state index in [0.717, 1.165) is 18.4 Å². The Hall–Kier alpha value is -2.36. The van der Waals surface area contributed by atoms with Crippen LogP contribution in [0.25, 0.3) is 0 Å². The molecule has 1 aliphatic carbocycles. The van der Waals surface area contributed by atoms with Crippen molar-refractivity contribution in [2.75, 3.05) is 26.4 Å². The third-order valence-electron chi connectivity index (χ3n) is 6.35. The fourth-order valence-corrected chi connectivity index (χ4v) is 5.47. The smallest absolute Gasteiger partial charge is 0.256 e. The van der Waals surface area contributed by atoms with E-state index in [1.807, 2.05) is 6.92 Å². The fourth-order valence-electron chi connectivity index (χ4n) is 4.57. The Balaban J connectivity index is 1.82. The van der Waals surface area contributed by atoms with E-state index in [1.165, 1.54) is 22.7 Å². The molecule has 1 aromatic carbocycles. The molecule has 9 heteroatoms. The minimum Gasteiger partial charge on any atom is -0.365 e. The van der Waals surface area contributed by atoms with Gasteiger partial charge in [-0.25, -0.2) is 12.8 Å². The van der Waals surface area contributed by atoms with Gasteiger partial charge < -0.3 is 5.73 Å². The highest BCUT2D eigenvalue weighted by atomic mass is 32.2. The van der Waals surface area contributed by atoms with Crippen molar-refractivity contribution in [3.8, 4) is 0 Å².